The molecule has 186 valence electrons. The summed E-state index contributed by atoms with van der Waals surface area (Å²) in [6.07, 6.45) is 1.60. The number of piperazine rings is 1. The first-order valence-corrected chi connectivity index (χ1v) is 13.5. The van der Waals surface area contributed by atoms with E-state index in [0.717, 1.165) is 16.3 Å². The number of carbonyl (C=O) groups excluding carboxylic acids is 2. The summed E-state index contributed by atoms with van der Waals surface area (Å²) in [5.74, 6) is 1.62. The van der Waals surface area contributed by atoms with Crippen molar-refractivity contribution in [2.75, 3.05) is 26.2 Å². The van der Waals surface area contributed by atoms with Crippen molar-refractivity contribution in [2.45, 2.75) is 24.8 Å². The molecule has 1 aliphatic heterocycles. The number of thioether (sulfide) groups is 1. The number of furan rings is 1. The number of carbonyl (C=O) groups is 2. The number of hydrogen-bond acceptors (Lipinski definition) is 8. The smallest absolute Gasteiger partial charge is 0.273 e. The highest BCUT2D eigenvalue weighted by Crippen LogP contribution is 2.33. The third-order valence-corrected chi connectivity index (χ3v) is 8.10. The van der Waals surface area contributed by atoms with Crippen LogP contribution in [0.4, 0.5) is 0 Å². The standard InChI is InChI=1S/C24H23ClN6O3S2/c1-15-5-6-17(25)12-19(15)31-22(20-4-3-11-34-20)27-28-24(31)36-14-21-26-18(13-35-21)23(33)30-9-7-29(8-10-30)16(2)32/h3-6,11-13H,7-10,14H2,1-2H3. The van der Waals surface area contributed by atoms with E-state index in [1.54, 1.807) is 34.4 Å². The van der Waals surface area contributed by atoms with E-state index < -0.39 is 0 Å². The van der Waals surface area contributed by atoms with Gasteiger partial charge >= 0.3 is 0 Å². The molecule has 1 aliphatic rings. The van der Waals surface area contributed by atoms with Gasteiger partial charge in [0.2, 0.25) is 11.7 Å². The van der Waals surface area contributed by atoms with Gasteiger partial charge in [-0.2, -0.15) is 0 Å². The van der Waals surface area contributed by atoms with Gasteiger partial charge in [0.05, 0.1) is 17.7 Å². The van der Waals surface area contributed by atoms with Crippen LogP contribution in [-0.2, 0) is 10.5 Å². The fraction of sp³-hybridized carbons (Fsp3) is 0.292. The van der Waals surface area contributed by atoms with Gasteiger partial charge in [-0.3, -0.25) is 14.2 Å². The number of nitrogens with zero attached hydrogens (tertiary/aromatic N) is 6. The van der Waals surface area contributed by atoms with E-state index in [0.29, 0.717) is 59.4 Å². The van der Waals surface area contributed by atoms with Crippen LogP contribution in [-0.4, -0.2) is 67.5 Å². The van der Waals surface area contributed by atoms with Gasteiger partial charge in [-0.25, -0.2) is 4.98 Å². The number of rotatable bonds is 6. The summed E-state index contributed by atoms with van der Waals surface area (Å²) in [4.78, 5) is 32.5. The number of aryl methyl sites for hydroxylation is 1. The van der Waals surface area contributed by atoms with Gasteiger partial charge in [0.1, 0.15) is 10.7 Å². The van der Waals surface area contributed by atoms with E-state index in [1.807, 2.05) is 35.8 Å². The molecule has 1 aromatic carbocycles. The van der Waals surface area contributed by atoms with Crippen molar-refractivity contribution in [3.8, 4) is 17.3 Å². The first-order valence-electron chi connectivity index (χ1n) is 11.3. The van der Waals surface area contributed by atoms with Crippen molar-refractivity contribution in [3.05, 3.63) is 63.3 Å². The van der Waals surface area contributed by atoms with Crippen molar-refractivity contribution < 1.29 is 14.0 Å². The predicted molar refractivity (Wildman–Crippen MR) is 139 cm³/mol. The molecule has 12 heteroatoms. The summed E-state index contributed by atoms with van der Waals surface area (Å²) >= 11 is 9.22. The Labute approximate surface area is 221 Å². The Bertz CT molecular complexity index is 1390. The van der Waals surface area contributed by atoms with Gasteiger partial charge in [0.25, 0.3) is 5.91 Å². The van der Waals surface area contributed by atoms with Crippen LogP contribution in [0.1, 0.15) is 28.0 Å². The molecule has 36 heavy (non-hydrogen) atoms. The van der Waals surface area contributed by atoms with E-state index in [4.69, 9.17) is 16.0 Å². The maximum absolute atomic E-state index is 12.9. The molecule has 0 aliphatic carbocycles. The molecular formula is C24H23ClN6O3S2. The molecule has 1 fully saturated rings. The third-order valence-electron chi connectivity index (χ3n) is 5.89. The third kappa shape index (κ3) is 5.04. The molecule has 9 nitrogen and oxygen atoms in total. The molecule has 3 aromatic heterocycles. The highest BCUT2D eigenvalue weighted by atomic mass is 35.5. The van der Waals surface area contributed by atoms with Crippen LogP contribution in [0.15, 0.2) is 51.5 Å². The number of aromatic nitrogens is 4. The molecule has 4 heterocycles. The van der Waals surface area contributed by atoms with Crippen LogP contribution in [0.5, 0.6) is 0 Å². The van der Waals surface area contributed by atoms with E-state index in [1.165, 1.54) is 23.1 Å². The molecule has 0 saturated carbocycles. The Kier molecular flexibility index (Phi) is 7.13. The summed E-state index contributed by atoms with van der Waals surface area (Å²) in [5.41, 5.74) is 2.30. The zero-order valence-electron chi connectivity index (χ0n) is 19.7. The summed E-state index contributed by atoms with van der Waals surface area (Å²) in [6, 6.07) is 9.32. The van der Waals surface area contributed by atoms with E-state index in [2.05, 4.69) is 15.2 Å². The minimum atomic E-state index is -0.108. The molecule has 0 radical (unpaired) electrons. The number of amides is 2. The fourth-order valence-electron chi connectivity index (χ4n) is 3.96. The second-order valence-electron chi connectivity index (χ2n) is 8.26. The van der Waals surface area contributed by atoms with Gasteiger partial charge in [0, 0.05) is 43.5 Å². The van der Waals surface area contributed by atoms with Crippen LogP contribution in [0.25, 0.3) is 17.3 Å². The molecule has 0 unspecified atom stereocenters. The highest BCUT2D eigenvalue weighted by Gasteiger charge is 2.25. The summed E-state index contributed by atoms with van der Waals surface area (Å²) in [7, 11) is 0. The number of benzene rings is 1. The maximum Gasteiger partial charge on any atom is 0.273 e. The second kappa shape index (κ2) is 10.5. The number of hydrogen-bond donors (Lipinski definition) is 0. The van der Waals surface area contributed by atoms with Gasteiger partial charge in [-0.05, 0) is 36.8 Å². The Morgan fingerprint density at radius 3 is 2.64 bits per heavy atom. The molecule has 0 spiro atoms. The molecule has 5 rings (SSSR count). The zero-order chi connectivity index (χ0) is 25.2. The molecule has 0 atom stereocenters. The second-order valence-corrected chi connectivity index (χ2v) is 10.6. The lowest BCUT2D eigenvalue weighted by Crippen LogP contribution is -2.50. The molecular weight excluding hydrogens is 520 g/mol. The van der Waals surface area contributed by atoms with Crippen LogP contribution >= 0.6 is 34.7 Å². The summed E-state index contributed by atoms with van der Waals surface area (Å²) in [5, 5.41) is 12.7. The van der Waals surface area contributed by atoms with Crippen molar-refractivity contribution in [2.24, 2.45) is 0 Å². The average Bonchev–Trinajstić information content (AvgIpc) is 3.64. The average molecular weight is 543 g/mol. The van der Waals surface area contributed by atoms with Crippen LogP contribution in [0.3, 0.4) is 0 Å². The Balaban J connectivity index is 1.34. The van der Waals surface area contributed by atoms with Crippen molar-refractivity contribution >= 4 is 46.5 Å². The van der Waals surface area contributed by atoms with Crippen molar-refractivity contribution in [3.63, 3.8) is 0 Å². The minimum Gasteiger partial charge on any atom is -0.461 e. The summed E-state index contributed by atoms with van der Waals surface area (Å²) < 4.78 is 7.52. The molecule has 2 amide bonds. The first kappa shape index (κ1) is 24.5. The largest absolute Gasteiger partial charge is 0.461 e. The Hall–Kier alpha value is -3.15. The van der Waals surface area contributed by atoms with E-state index >= 15 is 0 Å². The lowest BCUT2D eigenvalue weighted by Gasteiger charge is -2.33. The van der Waals surface area contributed by atoms with Gasteiger partial charge in [0.15, 0.2) is 10.9 Å². The monoisotopic (exact) mass is 542 g/mol. The van der Waals surface area contributed by atoms with Crippen molar-refractivity contribution in [1.82, 2.24) is 29.5 Å². The molecule has 0 N–H and O–H groups in total. The van der Waals surface area contributed by atoms with Gasteiger partial charge in [-0.1, -0.05) is 29.4 Å². The van der Waals surface area contributed by atoms with Crippen LogP contribution in [0.2, 0.25) is 5.02 Å². The zero-order valence-corrected chi connectivity index (χ0v) is 22.1. The quantitative estimate of drug-likeness (QED) is 0.330. The van der Waals surface area contributed by atoms with Crippen molar-refractivity contribution in [1.29, 1.82) is 0 Å². The molecule has 0 bridgehead atoms. The number of halogens is 1. The highest BCUT2D eigenvalue weighted by molar-refractivity contribution is 7.98. The van der Waals surface area contributed by atoms with Crippen LogP contribution in [0, 0.1) is 6.92 Å². The lowest BCUT2D eigenvalue weighted by molar-refractivity contribution is -0.130. The number of thiazole rings is 1. The lowest BCUT2D eigenvalue weighted by atomic mass is 10.2. The van der Waals surface area contributed by atoms with Gasteiger partial charge in [-0.15, -0.1) is 21.5 Å². The predicted octanol–water partition coefficient (Wildman–Crippen LogP) is 4.54. The molecule has 1 saturated heterocycles. The Morgan fingerprint density at radius 1 is 1.14 bits per heavy atom. The normalized spacial score (nSPS) is 13.9. The minimum absolute atomic E-state index is 0.0334. The van der Waals surface area contributed by atoms with E-state index in [9.17, 15) is 9.59 Å². The molecule has 4 aromatic rings. The maximum atomic E-state index is 12.9. The Morgan fingerprint density at radius 2 is 1.92 bits per heavy atom. The SMILES string of the molecule is CC(=O)N1CCN(C(=O)c2csc(CSc3nnc(-c4ccco4)n3-c3cc(Cl)ccc3C)n2)CC1. The first-order chi connectivity index (χ1) is 17.4. The van der Waals surface area contributed by atoms with Gasteiger partial charge < -0.3 is 14.2 Å². The topological polar surface area (TPSA) is 97.4 Å². The van der Waals surface area contributed by atoms with E-state index in [-0.39, 0.29) is 11.8 Å². The van der Waals surface area contributed by atoms with Crippen LogP contribution < -0.4 is 0 Å². The summed E-state index contributed by atoms with van der Waals surface area (Å²) in [6.45, 7) is 5.67. The fourth-order valence-corrected chi connectivity index (χ4v) is 5.85.